The maximum Gasteiger partial charge on any atom is 0.191 e. The Morgan fingerprint density at radius 2 is 1.81 bits per heavy atom. The second kappa shape index (κ2) is 11.9. The zero-order chi connectivity index (χ0) is 18.9. The summed E-state index contributed by atoms with van der Waals surface area (Å²) in [6.45, 7) is 2.81. The Kier molecular flexibility index (Phi) is 10.3. The fourth-order valence-electron chi connectivity index (χ4n) is 2.64. The first-order chi connectivity index (χ1) is 12.6. The molecule has 1 unspecified atom stereocenters. The Morgan fingerprint density at radius 3 is 2.30 bits per heavy atom. The van der Waals surface area contributed by atoms with Gasteiger partial charge in [0, 0.05) is 36.2 Å². The molecule has 0 saturated carbocycles. The maximum atomic E-state index is 5.50. The van der Waals surface area contributed by atoms with Gasteiger partial charge in [0.1, 0.15) is 17.2 Å². The number of methoxy groups -OCH3 is 3. The summed E-state index contributed by atoms with van der Waals surface area (Å²) in [4.78, 5) is 5.57. The van der Waals surface area contributed by atoms with Crippen LogP contribution in [0.25, 0.3) is 0 Å². The first kappa shape index (κ1) is 23.4. The molecule has 0 radical (unpaired) electrons. The number of guanidine groups is 1. The molecule has 0 amide bonds. The molecular formula is C19H28IN3O3S. The van der Waals surface area contributed by atoms with E-state index in [-0.39, 0.29) is 30.0 Å². The zero-order valence-electron chi connectivity index (χ0n) is 16.4. The molecule has 1 heterocycles. The van der Waals surface area contributed by atoms with E-state index in [9.17, 15) is 0 Å². The summed E-state index contributed by atoms with van der Waals surface area (Å²) in [7, 11) is 6.69. The van der Waals surface area contributed by atoms with Gasteiger partial charge in [-0.3, -0.25) is 4.99 Å². The highest BCUT2D eigenvalue weighted by molar-refractivity contribution is 14.0. The third-order valence-corrected chi connectivity index (χ3v) is 5.09. The van der Waals surface area contributed by atoms with Crippen molar-refractivity contribution in [2.75, 3.05) is 34.9 Å². The molecule has 2 aromatic rings. The van der Waals surface area contributed by atoms with Crippen LogP contribution in [0, 0.1) is 0 Å². The average molecular weight is 505 g/mol. The van der Waals surface area contributed by atoms with Crippen molar-refractivity contribution in [2.24, 2.45) is 4.99 Å². The number of nitrogens with zero attached hydrogens (tertiary/aromatic N) is 1. The quantitative estimate of drug-likeness (QED) is 0.324. The summed E-state index contributed by atoms with van der Waals surface area (Å²) in [6, 6.07) is 8.10. The Labute approximate surface area is 182 Å². The molecule has 1 atom stereocenters. The van der Waals surface area contributed by atoms with E-state index in [2.05, 4.69) is 40.1 Å². The van der Waals surface area contributed by atoms with Crippen LogP contribution in [0.1, 0.15) is 23.4 Å². The molecule has 2 N–H and O–H groups in total. The van der Waals surface area contributed by atoms with E-state index in [1.807, 2.05) is 12.1 Å². The lowest BCUT2D eigenvalue weighted by molar-refractivity contribution is 0.368. The van der Waals surface area contributed by atoms with Crippen LogP contribution in [0.2, 0.25) is 0 Å². The van der Waals surface area contributed by atoms with Crippen molar-refractivity contribution in [3.63, 3.8) is 0 Å². The minimum atomic E-state index is 0. The van der Waals surface area contributed by atoms with Crippen molar-refractivity contribution < 1.29 is 14.2 Å². The smallest absolute Gasteiger partial charge is 0.191 e. The molecule has 6 nitrogen and oxygen atoms in total. The third-order valence-electron chi connectivity index (χ3n) is 4.03. The highest BCUT2D eigenvalue weighted by atomic mass is 127. The molecule has 0 bridgehead atoms. The van der Waals surface area contributed by atoms with Crippen LogP contribution in [0.4, 0.5) is 0 Å². The van der Waals surface area contributed by atoms with Gasteiger partial charge in [-0.25, -0.2) is 0 Å². The first-order valence-electron chi connectivity index (χ1n) is 8.42. The monoisotopic (exact) mass is 505 g/mol. The van der Waals surface area contributed by atoms with Crippen molar-refractivity contribution in [1.29, 1.82) is 0 Å². The van der Waals surface area contributed by atoms with Crippen LogP contribution >= 0.6 is 35.3 Å². The fourth-order valence-corrected chi connectivity index (χ4v) is 3.37. The van der Waals surface area contributed by atoms with Crippen LogP contribution in [-0.4, -0.2) is 40.9 Å². The van der Waals surface area contributed by atoms with E-state index in [1.165, 1.54) is 4.88 Å². The standard InChI is InChI=1S/C19H27N3O3S.HI/c1-13(18-7-6-10-26-18)22-19(20-2)21-9-8-15-16(24-4)11-14(23-3)12-17(15)25-5;/h6-7,10-13H,8-9H2,1-5H3,(H2,20,21,22);1H. The van der Waals surface area contributed by atoms with Gasteiger partial charge in [-0.2, -0.15) is 0 Å². The lowest BCUT2D eigenvalue weighted by Crippen LogP contribution is -2.39. The molecule has 2 rings (SSSR count). The molecule has 0 spiro atoms. The van der Waals surface area contributed by atoms with Crippen molar-refractivity contribution in [3.05, 3.63) is 40.1 Å². The molecule has 0 aliphatic rings. The SMILES string of the molecule is CN=C(NCCc1c(OC)cc(OC)cc1OC)NC(C)c1cccs1.I. The second-order valence-corrected chi connectivity index (χ2v) is 6.62. The molecule has 27 heavy (non-hydrogen) atoms. The van der Waals surface area contributed by atoms with Crippen LogP contribution in [-0.2, 0) is 6.42 Å². The van der Waals surface area contributed by atoms with Gasteiger partial charge < -0.3 is 24.8 Å². The number of hydrogen-bond donors (Lipinski definition) is 2. The summed E-state index contributed by atoms with van der Waals surface area (Å²) in [5, 5.41) is 8.82. The number of thiophene rings is 1. The van der Waals surface area contributed by atoms with Crippen molar-refractivity contribution in [1.82, 2.24) is 10.6 Å². The number of ether oxygens (including phenoxy) is 3. The van der Waals surface area contributed by atoms with E-state index < -0.39 is 0 Å². The Morgan fingerprint density at radius 1 is 1.15 bits per heavy atom. The Hall–Kier alpha value is -1.68. The van der Waals surface area contributed by atoms with Crippen LogP contribution in [0.15, 0.2) is 34.6 Å². The minimum Gasteiger partial charge on any atom is -0.496 e. The molecule has 1 aromatic heterocycles. The lowest BCUT2D eigenvalue weighted by Gasteiger charge is -2.18. The summed E-state index contributed by atoms with van der Waals surface area (Å²) in [5.74, 6) is 2.96. The highest BCUT2D eigenvalue weighted by Crippen LogP contribution is 2.34. The zero-order valence-corrected chi connectivity index (χ0v) is 19.5. The molecule has 0 aliphatic heterocycles. The van der Waals surface area contributed by atoms with Gasteiger partial charge in [-0.15, -0.1) is 35.3 Å². The van der Waals surface area contributed by atoms with Gasteiger partial charge in [-0.05, 0) is 24.8 Å². The number of hydrogen-bond acceptors (Lipinski definition) is 5. The van der Waals surface area contributed by atoms with Crippen LogP contribution < -0.4 is 24.8 Å². The van der Waals surface area contributed by atoms with Gasteiger partial charge in [0.2, 0.25) is 0 Å². The van der Waals surface area contributed by atoms with Crippen molar-refractivity contribution in [2.45, 2.75) is 19.4 Å². The number of rotatable bonds is 8. The lowest BCUT2D eigenvalue weighted by atomic mass is 10.1. The predicted molar refractivity (Wildman–Crippen MR) is 122 cm³/mol. The molecule has 1 aromatic carbocycles. The summed E-state index contributed by atoms with van der Waals surface area (Å²) >= 11 is 1.73. The Balaban J connectivity index is 0.00000364. The van der Waals surface area contributed by atoms with E-state index in [0.717, 1.165) is 29.4 Å². The van der Waals surface area contributed by atoms with Crippen LogP contribution in [0.3, 0.4) is 0 Å². The maximum absolute atomic E-state index is 5.50. The molecule has 8 heteroatoms. The van der Waals surface area contributed by atoms with Crippen molar-refractivity contribution >= 4 is 41.3 Å². The fraction of sp³-hybridized carbons (Fsp3) is 0.421. The van der Waals surface area contributed by atoms with E-state index in [1.54, 1.807) is 39.7 Å². The van der Waals surface area contributed by atoms with Gasteiger partial charge in [0.25, 0.3) is 0 Å². The predicted octanol–water partition coefficient (Wildman–Crippen LogP) is 3.86. The summed E-state index contributed by atoms with van der Waals surface area (Å²) in [6.07, 6.45) is 0.727. The second-order valence-electron chi connectivity index (χ2n) is 5.64. The molecular weight excluding hydrogens is 477 g/mol. The third kappa shape index (κ3) is 6.46. The van der Waals surface area contributed by atoms with E-state index in [0.29, 0.717) is 12.3 Å². The molecule has 0 aliphatic carbocycles. The molecule has 0 saturated heterocycles. The normalized spacial score (nSPS) is 12.0. The number of halogens is 1. The van der Waals surface area contributed by atoms with Gasteiger partial charge in [0.15, 0.2) is 5.96 Å². The van der Waals surface area contributed by atoms with E-state index >= 15 is 0 Å². The molecule has 150 valence electrons. The van der Waals surface area contributed by atoms with Crippen LogP contribution in [0.5, 0.6) is 17.2 Å². The van der Waals surface area contributed by atoms with Gasteiger partial charge in [-0.1, -0.05) is 6.07 Å². The topological polar surface area (TPSA) is 64.1 Å². The Bertz CT molecular complexity index is 698. The van der Waals surface area contributed by atoms with Crippen molar-refractivity contribution in [3.8, 4) is 17.2 Å². The number of benzene rings is 1. The number of aliphatic imine (C=N–C) groups is 1. The average Bonchev–Trinajstić information content (AvgIpc) is 3.21. The van der Waals surface area contributed by atoms with Gasteiger partial charge in [0.05, 0.1) is 27.4 Å². The van der Waals surface area contributed by atoms with Gasteiger partial charge >= 0.3 is 0 Å². The highest BCUT2D eigenvalue weighted by Gasteiger charge is 2.14. The number of nitrogens with one attached hydrogen (secondary N) is 2. The minimum absolute atomic E-state index is 0. The summed E-state index contributed by atoms with van der Waals surface area (Å²) < 4.78 is 16.3. The van der Waals surface area contributed by atoms with E-state index in [4.69, 9.17) is 14.2 Å². The largest absolute Gasteiger partial charge is 0.496 e. The first-order valence-corrected chi connectivity index (χ1v) is 9.30. The summed E-state index contributed by atoms with van der Waals surface area (Å²) in [5.41, 5.74) is 0.991. The molecule has 0 fully saturated rings.